The predicted octanol–water partition coefficient (Wildman–Crippen LogP) is 3.75. The molecule has 1 N–H and O–H groups in total. The van der Waals surface area contributed by atoms with Gasteiger partial charge in [-0.3, -0.25) is 10.1 Å². The highest BCUT2D eigenvalue weighted by molar-refractivity contribution is 5.51. The fourth-order valence-electron chi connectivity index (χ4n) is 1.89. The second kappa shape index (κ2) is 5.71. The third-order valence-corrected chi connectivity index (χ3v) is 2.90. The molecule has 5 nitrogen and oxygen atoms in total. The Balaban J connectivity index is 2.43. The lowest BCUT2D eigenvalue weighted by molar-refractivity contribution is -0.385. The highest BCUT2D eigenvalue weighted by Gasteiger charge is 2.17. The van der Waals surface area contributed by atoms with Gasteiger partial charge in [-0.05, 0) is 31.5 Å². The molecule has 2 rings (SSSR count). The summed E-state index contributed by atoms with van der Waals surface area (Å²) in [5.74, 6) is 0.572. The summed E-state index contributed by atoms with van der Waals surface area (Å²) in [6.07, 6.45) is -0.712. The van der Waals surface area contributed by atoms with Gasteiger partial charge in [0.15, 0.2) is 0 Å². The number of nitro groups is 1. The highest BCUT2D eigenvalue weighted by Crippen LogP contribution is 2.35. The quantitative estimate of drug-likeness (QED) is 0.680. The van der Waals surface area contributed by atoms with E-state index in [0.717, 1.165) is 5.56 Å². The number of aliphatic hydroxyl groups excluding tert-OH is 1. The molecule has 0 fully saturated rings. The van der Waals surface area contributed by atoms with Crippen molar-refractivity contribution < 1.29 is 14.8 Å². The van der Waals surface area contributed by atoms with Crippen LogP contribution in [0.3, 0.4) is 0 Å². The van der Waals surface area contributed by atoms with E-state index in [4.69, 9.17) is 4.74 Å². The van der Waals surface area contributed by atoms with Crippen molar-refractivity contribution in [2.24, 2.45) is 0 Å². The first kappa shape index (κ1) is 14.0. The Hall–Kier alpha value is -2.40. The van der Waals surface area contributed by atoms with Crippen molar-refractivity contribution in [3.63, 3.8) is 0 Å². The van der Waals surface area contributed by atoms with Gasteiger partial charge in [0.2, 0.25) is 5.75 Å². The number of nitro benzene ring substituents is 1. The van der Waals surface area contributed by atoms with Crippen molar-refractivity contribution in [3.05, 3.63) is 63.7 Å². The van der Waals surface area contributed by atoms with Gasteiger partial charge in [0, 0.05) is 11.6 Å². The highest BCUT2D eigenvalue weighted by atomic mass is 16.6. The zero-order valence-corrected chi connectivity index (χ0v) is 11.2. The summed E-state index contributed by atoms with van der Waals surface area (Å²) in [5, 5.41) is 20.8. The first-order valence-electron chi connectivity index (χ1n) is 6.19. The lowest BCUT2D eigenvalue weighted by Crippen LogP contribution is -1.98. The second-order valence-corrected chi connectivity index (χ2v) is 4.54. The molecule has 2 aromatic carbocycles. The maximum atomic E-state index is 11.1. The van der Waals surface area contributed by atoms with E-state index in [2.05, 4.69) is 0 Å². The Kier molecular flexibility index (Phi) is 4.00. The van der Waals surface area contributed by atoms with Crippen molar-refractivity contribution in [2.45, 2.75) is 20.0 Å². The molecule has 0 radical (unpaired) electrons. The van der Waals surface area contributed by atoms with Gasteiger partial charge in [0.25, 0.3) is 0 Å². The van der Waals surface area contributed by atoms with Gasteiger partial charge in [-0.25, -0.2) is 0 Å². The molecular weight excluding hydrogens is 258 g/mol. The summed E-state index contributed by atoms with van der Waals surface area (Å²) >= 11 is 0. The van der Waals surface area contributed by atoms with Crippen LogP contribution in [0.25, 0.3) is 0 Å². The van der Waals surface area contributed by atoms with Crippen LogP contribution in [0.2, 0.25) is 0 Å². The number of rotatable bonds is 4. The van der Waals surface area contributed by atoms with E-state index in [9.17, 15) is 15.2 Å². The number of benzene rings is 2. The van der Waals surface area contributed by atoms with Gasteiger partial charge in [-0.2, -0.15) is 0 Å². The molecule has 20 heavy (non-hydrogen) atoms. The van der Waals surface area contributed by atoms with Gasteiger partial charge in [0.05, 0.1) is 11.0 Å². The summed E-state index contributed by atoms with van der Waals surface area (Å²) in [4.78, 5) is 10.6. The Morgan fingerprint density at radius 3 is 2.55 bits per heavy atom. The Bertz CT molecular complexity index is 638. The van der Waals surface area contributed by atoms with Crippen LogP contribution in [0.1, 0.15) is 24.2 Å². The largest absolute Gasteiger partial charge is 0.450 e. The lowest BCUT2D eigenvalue weighted by Gasteiger charge is -2.13. The number of nitrogens with zero attached hydrogens (tertiary/aromatic N) is 1. The Labute approximate surface area is 116 Å². The third kappa shape index (κ3) is 2.95. The first-order valence-corrected chi connectivity index (χ1v) is 6.19. The molecule has 0 aliphatic heterocycles. The molecule has 0 heterocycles. The summed E-state index contributed by atoms with van der Waals surface area (Å²) in [5.41, 5.74) is 1.28. The summed E-state index contributed by atoms with van der Waals surface area (Å²) < 4.78 is 5.62. The molecule has 0 saturated carbocycles. The zero-order chi connectivity index (χ0) is 14.7. The molecule has 2 aromatic rings. The average molecular weight is 273 g/mol. The lowest BCUT2D eigenvalue weighted by atomic mass is 10.1. The summed E-state index contributed by atoms with van der Waals surface area (Å²) in [7, 11) is 0. The fourth-order valence-corrected chi connectivity index (χ4v) is 1.89. The monoisotopic (exact) mass is 273 g/mol. The molecule has 0 aliphatic carbocycles. The zero-order valence-electron chi connectivity index (χ0n) is 11.2. The predicted molar refractivity (Wildman–Crippen MR) is 75.0 cm³/mol. The van der Waals surface area contributed by atoms with Crippen LogP contribution >= 0.6 is 0 Å². The molecule has 0 bridgehead atoms. The van der Waals surface area contributed by atoms with E-state index in [1.807, 2.05) is 0 Å². The van der Waals surface area contributed by atoms with Crippen LogP contribution in [-0.2, 0) is 0 Å². The van der Waals surface area contributed by atoms with E-state index < -0.39 is 11.0 Å². The maximum absolute atomic E-state index is 11.1. The van der Waals surface area contributed by atoms with Crippen LogP contribution in [0, 0.1) is 17.0 Å². The summed E-state index contributed by atoms with van der Waals surface area (Å²) in [6, 6.07) is 11.7. The maximum Gasteiger partial charge on any atom is 0.311 e. The molecular formula is C15H15NO4. The topological polar surface area (TPSA) is 72.6 Å². The SMILES string of the molecule is Cc1ccc(Oc2ccccc2C(C)O)c([N+](=O)[O-])c1. The number of para-hydroxylation sites is 1. The van der Waals surface area contributed by atoms with Crippen LogP contribution < -0.4 is 4.74 Å². The third-order valence-electron chi connectivity index (χ3n) is 2.90. The van der Waals surface area contributed by atoms with Crippen LogP contribution in [0.15, 0.2) is 42.5 Å². The van der Waals surface area contributed by atoms with E-state index in [-0.39, 0.29) is 11.4 Å². The molecule has 1 unspecified atom stereocenters. The molecule has 1 atom stereocenters. The molecule has 0 spiro atoms. The Morgan fingerprint density at radius 2 is 1.90 bits per heavy atom. The second-order valence-electron chi connectivity index (χ2n) is 4.54. The normalized spacial score (nSPS) is 11.9. The van der Waals surface area contributed by atoms with Gasteiger partial charge in [-0.15, -0.1) is 0 Å². The number of hydrogen-bond donors (Lipinski definition) is 1. The minimum absolute atomic E-state index is 0.0922. The average Bonchev–Trinajstić information content (AvgIpc) is 2.41. The minimum Gasteiger partial charge on any atom is -0.450 e. The van der Waals surface area contributed by atoms with E-state index >= 15 is 0 Å². The Morgan fingerprint density at radius 1 is 1.20 bits per heavy atom. The minimum atomic E-state index is -0.712. The number of aliphatic hydroxyl groups is 1. The van der Waals surface area contributed by atoms with Crippen molar-refractivity contribution >= 4 is 5.69 Å². The van der Waals surface area contributed by atoms with E-state index in [1.165, 1.54) is 6.07 Å². The standard InChI is InChI=1S/C15H15NO4/c1-10-7-8-15(13(9-10)16(18)19)20-14-6-4-3-5-12(14)11(2)17/h3-9,11,17H,1-2H3. The first-order chi connectivity index (χ1) is 9.49. The van der Waals surface area contributed by atoms with E-state index in [1.54, 1.807) is 50.2 Å². The molecule has 0 aromatic heterocycles. The number of hydrogen-bond acceptors (Lipinski definition) is 4. The van der Waals surface area contributed by atoms with E-state index in [0.29, 0.717) is 11.3 Å². The van der Waals surface area contributed by atoms with Crippen molar-refractivity contribution in [1.82, 2.24) is 0 Å². The molecule has 0 saturated heterocycles. The van der Waals surface area contributed by atoms with Crippen molar-refractivity contribution in [2.75, 3.05) is 0 Å². The van der Waals surface area contributed by atoms with Gasteiger partial charge in [0.1, 0.15) is 5.75 Å². The summed E-state index contributed by atoms with van der Waals surface area (Å²) in [6.45, 7) is 3.40. The van der Waals surface area contributed by atoms with Gasteiger partial charge < -0.3 is 9.84 Å². The van der Waals surface area contributed by atoms with Crippen LogP contribution in [0.5, 0.6) is 11.5 Å². The van der Waals surface area contributed by atoms with Crippen molar-refractivity contribution in [3.8, 4) is 11.5 Å². The van der Waals surface area contributed by atoms with Gasteiger partial charge >= 0.3 is 5.69 Å². The van der Waals surface area contributed by atoms with Crippen LogP contribution in [0.4, 0.5) is 5.69 Å². The number of aryl methyl sites for hydroxylation is 1. The van der Waals surface area contributed by atoms with Crippen molar-refractivity contribution in [1.29, 1.82) is 0 Å². The molecule has 5 heteroatoms. The molecule has 0 amide bonds. The molecule has 104 valence electrons. The van der Waals surface area contributed by atoms with Crippen LogP contribution in [-0.4, -0.2) is 10.0 Å². The smallest absolute Gasteiger partial charge is 0.311 e. The fraction of sp³-hybridized carbons (Fsp3) is 0.200. The van der Waals surface area contributed by atoms with Gasteiger partial charge in [-0.1, -0.05) is 24.3 Å². The molecule has 0 aliphatic rings. The number of ether oxygens (including phenoxy) is 1.